The van der Waals surface area contributed by atoms with E-state index in [0.717, 1.165) is 10.6 Å². The molecule has 4 heteroatoms. The molecule has 0 saturated carbocycles. The van der Waals surface area contributed by atoms with Crippen LogP contribution in [-0.2, 0) is 4.79 Å². The molecule has 1 heterocycles. The number of nitrogens with one attached hydrogen (secondary N) is 1. The van der Waals surface area contributed by atoms with Crippen LogP contribution in [0.2, 0.25) is 0 Å². The second kappa shape index (κ2) is 6.89. The Morgan fingerprint density at radius 3 is 2.41 bits per heavy atom. The number of hydrogen-bond acceptors (Lipinski definition) is 2. The first-order valence-corrected chi connectivity index (χ1v) is 7.19. The van der Waals surface area contributed by atoms with Gasteiger partial charge in [0.2, 0.25) is 0 Å². The zero-order chi connectivity index (χ0) is 16.1. The first kappa shape index (κ1) is 15.8. The number of aromatic nitrogens is 1. The highest BCUT2D eigenvalue weighted by Gasteiger charge is 2.25. The number of carboxylic acids is 1. The zero-order valence-electron chi connectivity index (χ0n) is 12.7. The van der Waals surface area contributed by atoms with Gasteiger partial charge in [-0.1, -0.05) is 42.5 Å². The molecule has 0 aliphatic carbocycles. The van der Waals surface area contributed by atoms with Crippen molar-refractivity contribution >= 4 is 23.9 Å². The van der Waals surface area contributed by atoms with Gasteiger partial charge in [-0.15, -0.1) is 0 Å². The number of aromatic amines is 1. The predicted molar refractivity (Wildman–Crippen MR) is 86.1 cm³/mol. The maximum atomic E-state index is 12.3. The van der Waals surface area contributed by atoms with Gasteiger partial charge in [0, 0.05) is 23.5 Å². The number of carbonyl (C=O) groups is 2. The molecule has 2 aromatic rings. The van der Waals surface area contributed by atoms with Crippen molar-refractivity contribution in [1.82, 2.24) is 4.98 Å². The Morgan fingerprint density at radius 2 is 1.86 bits per heavy atom. The summed E-state index contributed by atoms with van der Waals surface area (Å²) in [5.74, 6) is -2.02. The molecular weight excluding hydrogens is 278 g/mol. The maximum absolute atomic E-state index is 12.3. The van der Waals surface area contributed by atoms with Crippen molar-refractivity contribution in [2.75, 3.05) is 0 Å². The molecule has 0 aliphatic rings. The number of Topliss-reactive ketones (excluding diaryl/α,β-unsaturated/α-hetero) is 1. The first-order chi connectivity index (χ1) is 10.6. The van der Waals surface area contributed by atoms with Crippen molar-refractivity contribution < 1.29 is 14.7 Å². The van der Waals surface area contributed by atoms with Crippen LogP contribution >= 0.6 is 0 Å². The van der Waals surface area contributed by atoms with Crippen LogP contribution < -0.4 is 10.6 Å². The third-order valence-electron chi connectivity index (χ3n) is 3.72. The van der Waals surface area contributed by atoms with Crippen molar-refractivity contribution in [3.63, 3.8) is 0 Å². The number of benzene rings is 1. The van der Waals surface area contributed by atoms with Crippen LogP contribution in [0, 0.1) is 0 Å². The van der Waals surface area contributed by atoms with Gasteiger partial charge in [0.05, 0.1) is 5.92 Å². The topological polar surface area (TPSA) is 70.2 Å². The minimum absolute atomic E-state index is 0.0544. The number of carboxylic acid groups (broad SMARTS) is 1. The third-order valence-corrected chi connectivity index (χ3v) is 3.72. The van der Waals surface area contributed by atoms with E-state index < -0.39 is 11.9 Å². The minimum atomic E-state index is -0.992. The SMILES string of the molecule is C/C=c1/c(C(CC(=O)c2ccccc2)C(=O)O)c[nH]/c1=C/C. The smallest absolute Gasteiger partial charge is 0.311 e. The first-order valence-electron chi connectivity index (χ1n) is 7.19. The lowest BCUT2D eigenvalue weighted by molar-refractivity contribution is -0.138. The number of rotatable bonds is 5. The zero-order valence-corrected chi connectivity index (χ0v) is 12.7. The van der Waals surface area contributed by atoms with Gasteiger partial charge in [-0.05, 0) is 24.6 Å². The molecule has 0 fully saturated rings. The molecule has 2 rings (SSSR count). The van der Waals surface area contributed by atoms with E-state index in [9.17, 15) is 14.7 Å². The molecule has 0 radical (unpaired) electrons. The van der Waals surface area contributed by atoms with Crippen LogP contribution in [0.25, 0.3) is 12.2 Å². The average molecular weight is 297 g/mol. The number of ketones is 1. The summed E-state index contributed by atoms with van der Waals surface area (Å²) in [4.78, 5) is 27.0. The van der Waals surface area contributed by atoms with Crippen molar-refractivity contribution in [3.05, 3.63) is 58.2 Å². The highest BCUT2D eigenvalue weighted by molar-refractivity contribution is 5.99. The molecule has 1 aromatic carbocycles. The number of H-pyrrole nitrogens is 1. The fourth-order valence-electron chi connectivity index (χ4n) is 2.57. The van der Waals surface area contributed by atoms with Gasteiger partial charge < -0.3 is 10.1 Å². The quantitative estimate of drug-likeness (QED) is 0.830. The Kier molecular flexibility index (Phi) is 4.94. The summed E-state index contributed by atoms with van der Waals surface area (Å²) in [7, 11) is 0. The van der Waals surface area contributed by atoms with E-state index in [0.29, 0.717) is 11.1 Å². The van der Waals surface area contributed by atoms with Gasteiger partial charge in [-0.25, -0.2) is 0 Å². The van der Waals surface area contributed by atoms with Crippen molar-refractivity contribution in [2.45, 2.75) is 26.2 Å². The van der Waals surface area contributed by atoms with Gasteiger partial charge in [0.25, 0.3) is 0 Å². The van der Waals surface area contributed by atoms with E-state index in [2.05, 4.69) is 4.98 Å². The van der Waals surface area contributed by atoms with E-state index in [1.54, 1.807) is 30.5 Å². The molecular formula is C18H19NO3. The normalized spacial score (nSPS) is 14.1. The van der Waals surface area contributed by atoms with E-state index in [1.165, 1.54) is 0 Å². The summed E-state index contributed by atoms with van der Waals surface area (Å²) in [6, 6.07) is 8.78. The summed E-state index contributed by atoms with van der Waals surface area (Å²) >= 11 is 0. The molecule has 0 amide bonds. The van der Waals surface area contributed by atoms with Gasteiger partial charge >= 0.3 is 5.97 Å². The van der Waals surface area contributed by atoms with Crippen LogP contribution in [-0.4, -0.2) is 21.8 Å². The van der Waals surface area contributed by atoms with E-state index in [4.69, 9.17) is 0 Å². The van der Waals surface area contributed by atoms with Gasteiger partial charge in [-0.3, -0.25) is 9.59 Å². The second-order valence-corrected chi connectivity index (χ2v) is 5.03. The molecule has 1 aromatic heterocycles. The number of hydrogen-bond donors (Lipinski definition) is 2. The predicted octanol–water partition coefficient (Wildman–Crippen LogP) is 2.06. The highest BCUT2D eigenvalue weighted by Crippen LogP contribution is 2.19. The molecule has 1 unspecified atom stereocenters. The fourth-order valence-corrected chi connectivity index (χ4v) is 2.57. The molecule has 114 valence electrons. The summed E-state index contributed by atoms with van der Waals surface area (Å²) in [6.45, 7) is 3.74. The van der Waals surface area contributed by atoms with Crippen LogP contribution in [0.4, 0.5) is 0 Å². The standard InChI is InChI=1S/C18H19NO3/c1-3-13-15(11-19-16(13)4-2)14(18(21)22)10-17(20)12-8-6-5-7-9-12/h3-9,11,14,19H,10H2,1-2H3,(H,21,22)/b13-3-,16-4+. The lowest BCUT2D eigenvalue weighted by atomic mass is 9.92. The van der Waals surface area contributed by atoms with Crippen LogP contribution in [0.1, 0.15) is 42.1 Å². The van der Waals surface area contributed by atoms with E-state index in [1.807, 2.05) is 32.1 Å². The fraction of sp³-hybridized carbons (Fsp3) is 0.222. The van der Waals surface area contributed by atoms with Gasteiger partial charge in [0.15, 0.2) is 5.78 Å². The highest BCUT2D eigenvalue weighted by atomic mass is 16.4. The second-order valence-electron chi connectivity index (χ2n) is 5.03. The molecule has 0 saturated heterocycles. The Balaban J connectivity index is 2.39. The van der Waals surface area contributed by atoms with E-state index in [-0.39, 0.29) is 12.2 Å². The third kappa shape index (κ3) is 3.17. The molecule has 22 heavy (non-hydrogen) atoms. The maximum Gasteiger partial charge on any atom is 0.311 e. The monoisotopic (exact) mass is 297 g/mol. The largest absolute Gasteiger partial charge is 0.481 e. The van der Waals surface area contributed by atoms with Crippen molar-refractivity contribution in [3.8, 4) is 0 Å². The van der Waals surface area contributed by atoms with Gasteiger partial charge in [0.1, 0.15) is 0 Å². The minimum Gasteiger partial charge on any atom is -0.481 e. The summed E-state index contributed by atoms with van der Waals surface area (Å²) in [6.07, 6.45) is 5.38. The van der Waals surface area contributed by atoms with Crippen molar-refractivity contribution in [2.24, 2.45) is 0 Å². The molecule has 2 N–H and O–H groups in total. The number of aliphatic carboxylic acids is 1. The molecule has 0 bridgehead atoms. The summed E-state index contributed by atoms with van der Waals surface area (Å²) in [5, 5.41) is 11.2. The summed E-state index contributed by atoms with van der Waals surface area (Å²) in [5.41, 5.74) is 1.18. The summed E-state index contributed by atoms with van der Waals surface area (Å²) < 4.78 is 0. The molecule has 0 aliphatic heterocycles. The Bertz CT molecular complexity index is 787. The van der Waals surface area contributed by atoms with E-state index >= 15 is 0 Å². The molecule has 0 spiro atoms. The van der Waals surface area contributed by atoms with Crippen molar-refractivity contribution in [1.29, 1.82) is 0 Å². The molecule has 4 nitrogen and oxygen atoms in total. The lowest BCUT2D eigenvalue weighted by Crippen LogP contribution is -2.28. The van der Waals surface area contributed by atoms with Crippen LogP contribution in [0.3, 0.4) is 0 Å². The Morgan fingerprint density at radius 1 is 1.18 bits per heavy atom. The average Bonchev–Trinajstić information content (AvgIpc) is 2.95. The molecule has 1 atom stereocenters. The Hall–Kier alpha value is -2.62. The lowest BCUT2D eigenvalue weighted by Gasteiger charge is -2.10. The van der Waals surface area contributed by atoms with Crippen LogP contribution in [0.5, 0.6) is 0 Å². The van der Waals surface area contributed by atoms with Crippen LogP contribution in [0.15, 0.2) is 36.5 Å². The Labute approximate surface area is 128 Å². The number of carbonyl (C=O) groups excluding carboxylic acids is 1. The van der Waals surface area contributed by atoms with Gasteiger partial charge in [-0.2, -0.15) is 0 Å².